The molecule has 3 rings (SSSR count). The van der Waals surface area contributed by atoms with Gasteiger partial charge >= 0.3 is 6.09 Å². The first-order valence-electron chi connectivity index (χ1n) is 7.45. The van der Waals surface area contributed by atoms with Crippen LogP contribution >= 0.6 is 0 Å². The van der Waals surface area contributed by atoms with Gasteiger partial charge in [0.15, 0.2) is 0 Å². The maximum Gasteiger partial charge on any atom is 0.409 e. The number of aromatic nitrogens is 4. The molecule has 8 heteroatoms. The van der Waals surface area contributed by atoms with E-state index in [-0.39, 0.29) is 6.09 Å². The van der Waals surface area contributed by atoms with Crippen molar-refractivity contribution in [3.05, 3.63) is 17.6 Å². The molecule has 2 aromatic heterocycles. The molecule has 2 aromatic rings. The van der Waals surface area contributed by atoms with E-state index >= 15 is 0 Å². The highest BCUT2D eigenvalue weighted by Crippen LogP contribution is 2.23. The minimum atomic E-state index is -0.240. The summed E-state index contributed by atoms with van der Waals surface area (Å²) in [5, 5.41) is 4.28. The number of amides is 1. The lowest BCUT2D eigenvalue weighted by Crippen LogP contribution is -2.49. The second-order valence-corrected chi connectivity index (χ2v) is 5.29. The molecule has 0 saturated carbocycles. The maximum atomic E-state index is 11.8. The number of piperazine rings is 1. The molecule has 3 heterocycles. The van der Waals surface area contributed by atoms with Crippen LogP contribution in [0, 0.1) is 13.8 Å². The highest BCUT2D eigenvalue weighted by Gasteiger charge is 2.25. The molecule has 0 spiro atoms. The summed E-state index contributed by atoms with van der Waals surface area (Å²) >= 11 is 0. The van der Waals surface area contributed by atoms with E-state index in [2.05, 4.69) is 20.0 Å². The first kappa shape index (κ1) is 14.6. The van der Waals surface area contributed by atoms with E-state index in [9.17, 15) is 4.79 Å². The number of ether oxygens (including phenoxy) is 1. The Balaban J connectivity index is 1.83. The predicted molar refractivity (Wildman–Crippen MR) is 81.1 cm³/mol. The van der Waals surface area contributed by atoms with Gasteiger partial charge in [-0.3, -0.25) is 0 Å². The van der Waals surface area contributed by atoms with E-state index in [1.807, 2.05) is 20.8 Å². The molecule has 1 aliphatic rings. The van der Waals surface area contributed by atoms with Gasteiger partial charge in [0.25, 0.3) is 5.78 Å². The van der Waals surface area contributed by atoms with E-state index in [1.54, 1.807) is 9.42 Å². The summed E-state index contributed by atoms with van der Waals surface area (Å²) in [4.78, 5) is 24.4. The van der Waals surface area contributed by atoms with Crippen molar-refractivity contribution < 1.29 is 9.53 Å². The zero-order valence-electron chi connectivity index (χ0n) is 13.1. The third kappa shape index (κ3) is 2.44. The first-order valence-corrected chi connectivity index (χ1v) is 7.45. The molecule has 1 saturated heterocycles. The van der Waals surface area contributed by atoms with Gasteiger partial charge in [-0.15, -0.1) is 0 Å². The molecule has 1 amide bonds. The van der Waals surface area contributed by atoms with E-state index in [4.69, 9.17) is 4.74 Å². The number of hydrogen-bond acceptors (Lipinski definition) is 6. The zero-order valence-corrected chi connectivity index (χ0v) is 13.1. The first-order chi connectivity index (χ1) is 10.6. The normalized spacial score (nSPS) is 15.4. The Morgan fingerprint density at radius 1 is 1.27 bits per heavy atom. The number of nitrogens with zero attached hydrogens (tertiary/aromatic N) is 6. The van der Waals surface area contributed by atoms with Crippen molar-refractivity contribution in [2.45, 2.75) is 20.8 Å². The number of rotatable bonds is 2. The molecule has 8 nitrogen and oxygen atoms in total. The SMILES string of the molecule is CCOC(=O)N1CCN(c2c(C)c(C)nc3ncnn23)CC1. The van der Waals surface area contributed by atoms with Gasteiger partial charge in [-0.25, -0.2) is 9.78 Å². The van der Waals surface area contributed by atoms with Gasteiger partial charge in [-0.05, 0) is 20.8 Å². The number of carbonyl (C=O) groups is 1. The smallest absolute Gasteiger partial charge is 0.409 e. The largest absolute Gasteiger partial charge is 0.450 e. The van der Waals surface area contributed by atoms with Crippen LogP contribution < -0.4 is 4.90 Å². The Hall–Kier alpha value is -2.38. The number of carbonyl (C=O) groups excluding carboxylic acids is 1. The summed E-state index contributed by atoms with van der Waals surface area (Å²) in [6, 6.07) is 0. The Kier molecular flexibility index (Phi) is 3.82. The molecule has 1 aliphatic heterocycles. The van der Waals surface area contributed by atoms with Crippen molar-refractivity contribution in [1.82, 2.24) is 24.5 Å². The fourth-order valence-corrected chi connectivity index (χ4v) is 2.70. The second kappa shape index (κ2) is 5.78. The fourth-order valence-electron chi connectivity index (χ4n) is 2.70. The highest BCUT2D eigenvalue weighted by atomic mass is 16.6. The third-order valence-corrected chi connectivity index (χ3v) is 3.98. The number of anilines is 1. The molecule has 0 unspecified atom stereocenters. The summed E-state index contributed by atoms with van der Waals surface area (Å²) in [5.74, 6) is 1.61. The zero-order chi connectivity index (χ0) is 15.7. The third-order valence-electron chi connectivity index (χ3n) is 3.98. The standard InChI is InChI=1S/C14H20N6O2/c1-4-22-14(21)19-7-5-18(6-8-19)12-10(2)11(3)17-13-15-9-16-20(12)13/h9H,4-8H2,1-3H3. The number of fused-ring (bicyclic) bond motifs is 1. The van der Waals surface area contributed by atoms with Crippen molar-refractivity contribution in [1.29, 1.82) is 0 Å². The van der Waals surface area contributed by atoms with Gasteiger partial charge < -0.3 is 14.5 Å². The van der Waals surface area contributed by atoms with Crippen molar-refractivity contribution in [2.24, 2.45) is 0 Å². The topological polar surface area (TPSA) is 75.9 Å². The summed E-state index contributed by atoms with van der Waals surface area (Å²) in [5.41, 5.74) is 2.03. The van der Waals surface area contributed by atoms with Crippen LogP contribution in [0.2, 0.25) is 0 Å². The molecular weight excluding hydrogens is 284 g/mol. The summed E-state index contributed by atoms with van der Waals surface area (Å²) in [7, 11) is 0. The van der Waals surface area contributed by atoms with Gasteiger partial charge in [-0.2, -0.15) is 14.6 Å². The summed E-state index contributed by atoms with van der Waals surface area (Å²) in [6.45, 7) is 8.97. The second-order valence-electron chi connectivity index (χ2n) is 5.29. The Bertz CT molecular complexity index is 690. The fraction of sp³-hybridized carbons (Fsp3) is 0.571. The number of hydrogen-bond donors (Lipinski definition) is 0. The van der Waals surface area contributed by atoms with Crippen molar-refractivity contribution in [3.63, 3.8) is 0 Å². The van der Waals surface area contributed by atoms with Gasteiger partial charge in [0.2, 0.25) is 0 Å². The minimum Gasteiger partial charge on any atom is -0.450 e. The van der Waals surface area contributed by atoms with Crippen LogP contribution in [0.3, 0.4) is 0 Å². The highest BCUT2D eigenvalue weighted by molar-refractivity contribution is 5.68. The van der Waals surface area contributed by atoms with Gasteiger partial charge in [0.1, 0.15) is 12.1 Å². The molecule has 0 atom stereocenters. The van der Waals surface area contributed by atoms with Crippen LogP contribution in [0.15, 0.2) is 6.33 Å². The maximum absolute atomic E-state index is 11.8. The summed E-state index contributed by atoms with van der Waals surface area (Å²) in [6.07, 6.45) is 1.27. The van der Waals surface area contributed by atoms with E-state index < -0.39 is 0 Å². The van der Waals surface area contributed by atoms with Crippen molar-refractivity contribution >= 4 is 17.7 Å². The monoisotopic (exact) mass is 304 g/mol. The minimum absolute atomic E-state index is 0.240. The van der Waals surface area contributed by atoms with Crippen LogP contribution in [0.25, 0.3) is 5.78 Å². The lowest BCUT2D eigenvalue weighted by molar-refractivity contribution is 0.105. The van der Waals surface area contributed by atoms with Crippen molar-refractivity contribution in [2.75, 3.05) is 37.7 Å². The van der Waals surface area contributed by atoms with Crippen LogP contribution in [-0.2, 0) is 4.74 Å². The van der Waals surface area contributed by atoms with Gasteiger partial charge in [-0.1, -0.05) is 0 Å². The molecule has 0 bridgehead atoms. The molecule has 0 aliphatic carbocycles. The van der Waals surface area contributed by atoms with E-state index in [0.29, 0.717) is 25.5 Å². The lowest BCUT2D eigenvalue weighted by Gasteiger charge is -2.36. The van der Waals surface area contributed by atoms with E-state index in [0.717, 1.165) is 30.2 Å². The average molecular weight is 304 g/mol. The van der Waals surface area contributed by atoms with Gasteiger partial charge in [0.05, 0.1) is 6.61 Å². The molecule has 0 N–H and O–H groups in total. The van der Waals surface area contributed by atoms with Crippen molar-refractivity contribution in [3.8, 4) is 0 Å². The Morgan fingerprint density at radius 3 is 2.68 bits per heavy atom. The van der Waals surface area contributed by atoms with Crippen LogP contribution in [0.5, 0.6) is 0 Å². The quantitative estimate of drug-likeness (QED) is 0.824. The molecule has 1 fully saturated rings. The molecular formula is C14H20N6O2. The Morgan fingerprint density at radius 2 is 2.00 bits per heavy atom. The molecule has 0 aromatic carbocycles. The molecule has 118 valence electrons. The van der Waals surface area contributed by atoms with Crippen LogP contribution in [-0.4, -0.2) is 63.4 Å². The van der Waals surface area contributed by atoms with Gasteiger partial charge in [0, 0.05) is 37.4 Å². The van der Waals surface area contributed by atoms with Crippen LogP contribution in [0.1, 0.15) is 18.2 Å². The average Bonchev–Trinajstić information content (AvgIpc) is 2.96. The van der Waals surface area contributed by atoms with Crippen LogP contribution in [0.4, 0.5) is 10.6 Å². The number of aryl methyl sites for hydroxylation is 1. The summed E-state index contributed by atoms with van der Waals surface area (Å²) < 4.78 is 6.82. The predicted octanol–water partition coefficient (Wildman–Crippen LogP) is 1.02. The molecule has 0 radical (unpaired) electrons. The molecule has 22 heavy (non-hydrogen) atoms. The lowest BCUT2D eigenvalue weighted by atomic mass is 10.2. The Labute approximate surface area is 128 Å². The van der Waals surface area contributed by atoms with E-state index in [1.165, 1.54) is 6.33 Å².